The fourth-order valence-corrected chi connectivity index (χ4v) is 2.87. The van der Waals surface area contributed by atoms with Gasteiger partial charge in [0.05, 0.1) is 11.6 Å². The van der Waals surface area contributed by atoms with Gasteiger partial charge in [-0.15, -0.1) is 11.3 Å². The van der Waals surface area contributed by atoms with Crippen LogP contribution in [-0.4, -0.2) is 11.1 Å². The van der Waals surface area contributed by atoms with Gasteiger partial charge in [0.15, 0.2) is 0 Å². The minimum atomic E-state index is -0.896. The molecule has 0 amide bonds. The minimum Gasteiger partial charge on any atom is -0.478 e. The normalized spacial score (nSPS) is 12.1. The van der Waals surface area contributed by atoms with Crippen LogP contribution < -0.4 is 5.32 Å². The largest absolute Gasteiger partial charge is 0.478 e. The van der Waals surface area contributed by atoms with Crippen LogP contribution in [0, 0.1) is 6.92 Å². The van der Waals surface area contributed by atoms with Crippen molar-refractivity contribution in [3.8, 4) is 0 Å². The lowest BCUT2D eigenvalue weighted by atomic mass is 10.1. The molecule has 0 aliphatic carbocycles. The van der Waals surface area contributed by atoms with Crippen LogP contribution in [0.2, 0.25) is 0 Å². The van der Waals surface area contributed by atoms with Gasteiger partial charge in [-0.05, 0) is 36.9 Å². The molecule has 0 radical (unpaired) electrons. The first kappa shape index (κ1) is 13.6. The quantitative estimate of drug-likeness (QED) is 0.854. The number of benzene rings is 1. The molecule has 0 saturated carbocycles. The Morgan fingerprint density at radius 2 is 2.21 bits per heavy atom. The van der Waals surface area contributed by atoms with Crippen LogP contribution in [0.3, 0.4) is 0 Å². The molecule has 0 aliphatic rings. The van der Waals surface area contributed by atoms with Gasteiger partial charge in [-0.2, -0.15) is 0 Å². The molecule has 1 aromatic carbocycles. The summed E-state index contributed by atoms with van der Waals surface area (Å²) in [5.41, 5.74) is 1.96. The van der Waals surface area contributed by atoms with Crippen molar-refractivity contribution < 1.29 is 9.90 Å². The van der Waals surface area contributed by atoms with Gasteiger partial charge in [-0.3, -0.25) is 0 Å². The molecule has 2 aromatic rings. The lowest BCUT2D eigenvalue weighted by Crippen LogP contribution is -2.12. The van der Waals surface area contributed by atoms with E-state index < -0.39 is 5.97 Å². The average molecular weight is 275 g/mol. The zero-order valence-corrected chi connectivity index (χ0v) is 11.8. The number of anilines is 1. The summed E-state index contributed by atoms with van der Waals surface area (Å²) >= 11 is 1.68. The Balaban J connectivity index is 2.29. The summed E-state index contributed by atoms with van der Waals surface area (Å²) in [4.78, 5) is 12.5. The number of carbonyl (C=O) groups is 1. The second kappa shape index (κ2) is 5.89. The maximum atomic E-state index is 11.3. The second-order valence-electron chi connectivity index (χ2n) is 4.47. The summed E-state index contributed by atoms with van der Waals surface area (Å²) in [5, 5.41) is 14.6. The monoisotopic (exact) mass is 275 g/mol. The van der Waals surface area contributed by atoms with Crippen molar-refractivity contribution in [2.24, 2.45) is 0 Å². The van der Waals surface area contributed by atoms with E-state index in [2.05, 4.69) is 18.3 Å². The van der Waals surface area contributed by atoms with Crippen LogP contribution in [0.1, 0.15) is 40.2 Å². The molecule has 3 nitrogen and oxygen atoms in total. The average Bonchev–Trinajstić information content (AvgIpc) is 2.90. The molecule has 2 N–H and O–H groups in total. The lowest BCUT2D eigenvalue weighted by molar-refractivity contribution is 0.0698. The Bertz CT molecular complexity index is 564. The third-order valence-electron chi connectivity index (χ3n) is 3.03. The smallest absolute Gasteiger partial charge is 0.337 e. The molecule has 1 atom stereocenters. The van der Waals surface area contributed by atoms with Crippen LogP contribution in [0.4, 0.5) is 5.69 Å². The molecule has 2 rings (SSSR count). The number of nitrogens with one attached hydrogen (secondary N) is 1. The van der Waals surface area contributed by atoms with E-state index in [-0.39, 0.29) is 6.04 Å². The Morgan fingerprint density at radius 3 is 2.79 bits per heavy atom. The second-order valence-corrected chi connectivity index (χ2v) is 5.45. The van der Waals surface area contributed by atoms with E-state index in [0.717, 1.165) is 12.0 Å². The molecule has 0 bridgehead atoms. The standard InChI is InChI=1S/C15H17NO2S/c1-3-12(14-5-4-8-19-14)16-13-7-6-10(2)9-11(13)15(17)18/h4-9,12,16H,3H2,1-2H3,(H,17,18). The molecule has 100 valence electrons. The molecule has 0 spiro atoms. The Hall–Kier alpha value is -1.81. The maximum Gasteiger partial charge on any atom is 0.337 e. The summed E-state index contributed by atoms with van der Waals surface area (Å²) in [5.74, 6) is -0.896. The van der Waals surface area contributed by atoms with Crippen LogP contribution >= 0.6 is 11.3 Å². The van der Waals surface area contributed by atoms with Crippen molar-refractivity contribution in [1.82, 2.24) is 0 Å². The predicted molar refractivity (Wildman–Crippen MR) is 79.1 cm³/mol. The molecule has 0 fully saturated rings. The van der Waals surface area contributed by atoms with Crippen molar-refractivity contribution in [1.29, 1.82) is 0 Å². The number of hydrogen-bond acceptors (Lipinski definition) is 3. The van der Waals surface area contributed by atoms with Crippen molar-refractivity contribution in [3.05, 3.63) is 51.7 Å². The van der Waals surface area contributed by atoms with Gasteiger partial charge in [-0.25, -0.2) is 4.79 Å². The van der Waals surface area contributed by atoms with E-state index in [9.17, 15) is 9.90 Å². The topological polar surface area (TPSA) is 49.3 Å². The van der Waals surface area contributed by atoms with E-state index in [1.165, 1.54) is 4.88 Å². The number of aryl methyl sites for hydroxylation is 1. The predicted octanol–water partition coefficient (Wildman–Crippen LogP) is 4.32. The van der Waals surface area contributed by atoms with E-state index in [1.54, 1.807) is 17.4 Å². The van der Waals surface area contributed by atoms with Gasteiger partial charge in [0.1, 0.15) is 0 Å². The summed E-state index contributed by atoms with van der Waals surface area (Å²) in [6.45, 7) is 3.98. The SMILES string of the molecule is CCC(Nc1ccc(C)cc1C(=O)O)c1cccs1. The van der Waals surface area contributed by atoms with Gasteiger partial charge in [0, 0.05) is 10.6 Å². The van der Waals surface area contributed by atoms with E-state index >= 15 is 0 Å². The zero-order valence-electron chi connectivity index (χ0n) is 11.0. The van der Waals surface area contributed by atoms with E-state index in [4.69, 9.17) is 0 Å². The van der Waals surface area contributed by atoms with Crippen molar-refractivity contribution in [2.75, 3.05) is 5.32 Å². The maximum absolute atomic E-state index is 11.3. The first-order valence-electron chi connectivity index (χ1n) is 6.25. The molecule has 0 saturated heterocycles. The van der Waals surface area contributed by atoms with Gasteiger partial charge in [0.25, 0.3) is 0 Å². The highest BCUT2D eigenvalue weighted by Crippen LogP contribution is 2.28. The van der Waals surface area contributed by atoms with Crippen LogP contribution in [0.25, 0.3) is 0 Å². The fourth-order valence-electron chi connectivity index (χ4n) is 2.01. The summed E-state index contributed by atoms with van der Waals surface area (Å²) in [6, 6.07) is 9.70. The third-order valence-corrected chi connectivity index (χ3v) is 4.02. The minimum absolute atomic E-state index is 0.154. The third kappa shape index (κ3) is 3.15. The molecular weight excluding hydrogens is 258 g/mol. The Labute approximate surface area is 116 Å². The molecule has 19 heavy (non-hydrogen) atoms. The highest BCUT2D eigenvalue weighted by molar-refractivity contribution is 7.10. The molecule has 1 heterocycles. The van der Waals surface area contributed by atoms with E-state index in [1.807, 2.05) is 30.5 Å². The lowest BCUT2D eigenvalue weighted by Gasteiger charge is -2.18. The first-order valence-corrected chi connectivity index (χ1v) is 7.13. The van der Waals surface area contributed by atoms with Crippen molar-refractivity contribution in [3.63, 3.8) is 0 Å². The number of rotatable bonds is 5. The number of hydrogen-bond donors (Lipinski definition) is 2. The number of carboxylic acid groups (broad SMARTS) is 1. The van der Waals surface area contributed by atoms with Gasteiger partial charge < -0.3 is 10.4 Å². The first-order chi connectivity index (χ1) is 9.11. The molecule has 1 aromatic heterocycles. The van der Waals surface area contributed by atoms with Crippen LogP contribution in [0.15, 0.2) is 35.7 Å². The van der Waals surface area contributed by atoms with Crippen LogP contribution in [0.5, 0.6) is 0 Å². The van der Waals surface area contributed by atoms with Gasteiger partial charge in [0.2, 0.25) is 0 Å². The van der Waals surface area contributed by atoms with Gasteiger partial charge >= 0.3 is 5.97 Å². The highest BCUT2D eigenvalue weighted by Gasteiger charge is 2.15. The summed E-state index contributed by atoms with van der Waals surface area (Å²) < 4.78 is 0. The number of thiophene rings is 1. The zero-order chi connectivity index (χ0) is 13.8. The number of aromatic carboxylic acids is 1. The molecule has 1 unspecified atom stereocenters. The van der Waals surface area contributed by atoms with Gasteiger partial charge in [-0.1, -0.05) is 24.6 Å². The number of carboxylic acids is 1. The van der Waals surface area contributed by atoms with Crippen LogP contribution in [-0.2, 0) is 0 Å². The summed E-state index contributed by atoms with van der Waals surface area (Å²) in [7, 11) is 0. The molecular formula is C15H17NO2S. The Kier molecular flexibility index (Phi) is 4.22. The molecule has 0 aliphatic heterocycles. The van der Waals surface area contributed by atoms with E-state index in [0.29, 0.717) is 11.3 Å². The Morgan fingerprint density at radius 1 is 1.42 bits per heavy atom. The van der Waals surface area contributed by atoms with Crippen molar-refractivity contribution in [2.45, 2.75) is 26.3 Å². The molecule has 4 heteroatoms. The van der Waals surface area contributed by atoms with Crippen molar-refractivity contribution >= 4 is 23.0 Å². The fraction of sp³-hybridized carbons (Fsp3) is 0.267. The summed E-state index contributed by atoms with van der Waals surface area (Å²) in [6.07, 6.45) is 0.910. The highest BCUT2D eigenvalue weighted by atomic mass is 32.1.